The molecule has 582 valence electrons. The van der Waals surface area contributed by atoms with E-state index in [9.17, 15) is 5.11 Å². The van der Waals surface area contributed by atoms with Gasteiger partial charge in [-0.05, 0) is 144 Å². The number of thiophene rings is 1. The molecule has 4 aromatic heterocycles. The number of nitrogens with two attached hydrogens (primary N) is 1. The molecule has 18 aromatic carbocycles. The Kier molecular flexibility index (Phi) is 20.8. The summed E-state index contributed by atoms with van der Waals surface area (Å²) in [5.41, 5.74) is 25.5. The number of amidine groups is 2. The van der Waals surface area contributed by atoms with Crippen LogP contribution in [0.2, 0.25) is 0 Å². The van der Waals surface area contributed by atoms with Gasteiger partial charge in [0.2, 0.25) is 0 Å². The molecular formula is C111H75N9O2S. The maximum Gasteiger partial charge on any atom is 0.164 e. The van der Waals surface area contributed by atoms with Gasteiger partial charge in [0, 0.05) is 81.0 Å². The largest absolute Gasteiger partial charge is 0.507 e. The quantitative estimate of drug-likeness (QED) is 0.0797. The maximum atomic E-state index is 10.8. The molecule has 0 aliphatic rings. The number of hydrogen-bond donors (Lipinski definition) is 2. The standard InChI is InChI=1S/C37H25N3O.C37H27N3O.C37H23N3S/c41-34-23-30-17-10-18-31(32(30)24-33(34)25-11-4-1-5-12-25)26-19-21-29(22-20-26)37-39-35(27-13-6-2-7-14-27)38-36(40-37)28-15-8-3-9-16-28;38-36(40-37(26-12-5-2-6-13-26)39-24-25-10-3-1-4-11-25)30-15-9-14-27(20-30)28-18-19-29-23-35-33(22-31(29)21-28)32-16-7-8-17-34(32)41-35;1-3-11-24(12-4-1)35-38-36(25-13-5-2-6-14-25)40-37(39-35)28-17-9-15-26(21-28)29-19-10-16-27-22-32-30-18-7-8-20-33(30)41-34(32)23-31(27)29/h1-24,41H;1-23H,24H2,(H2,38,39,40);1-23H. The molecule has 0 unspecified atom stereocenters. The van der Waals surface area contributed by atoms with Gasteiger partial charge in [-0.1, -0.05) is 358 Å². The average molecular weight is 1600 g/mol. The van der Waals surface area contributed by atoms with Crippen LogP contribution in [-0.2, 0) is 6.54 Å². The highest BCUT2D eigenvalue weighted by atomic mass is 32.1. The van der Waals surface area contributed by atoms with E-state index in [1.165, 1.54) is 36.5 Å². The van der Waals surface area contributed by atoms with Crippen molar-refractivity contribution < 1.29 is 9.52 Å². The summed E-state index contributed by atoms with van der Waals surface area (Å²) >= 11 is 1.85. The molecule has 0 saturated carbocycles. The summed E-state index contributed by atoms with van der Waals surface area (Å²) in [7, 11) is 0. The van der Waals surface area contributed by atoms with E-state index >= 15 is 0 Å². The summed E-state index contributed by atoms with van der Waals surface area (Å²) in [6, 6.07) is 144. The van der Waals surface area contributed by atoms with Crippen LogP contribution in [0.1, 0.15) is 16.7 Å². The molecule has 22 rings (SSSR count). The molecule has 0 saturated heterocycles. The molecule has 11 nitrogen and oxygen atoms in total. The minimum absolute atomic E-state index is 0.273. The van der Waals surface area contributed by atoms with Gasteiger partial charge < -0.3 is 15.3 Å². The van der Waals surface area contributed by atoms with E-state index in [1.54, 1.807) is 0 Å². The van der Waals surface area contributed by atoms with E-state index in [-0.39, 0.29) is 5.75 Å². The van der Waals surface area contributed by atoms with Crippen LogP contribution in [0.3, 0.4) is 0 Å². The van der Waals surface area contributed by atoms with Gasteiger partial charge in [-0.25, -0.2) is 34.9 Å². The van der Waals surface area contributed by atoms with E-state index in [1.807, 2.05) is 260 Å². The zero-order valence-electron chi connectivity index (χ0n) is 66.5. The van der Waals surface area contributed by atoms with Gasteiger partial charge in [0.25, 0.3) is 0 Å². The molecule has 3 N–H and O–H groups in total. The summed E-state index contributed by atoms with van der Waals surface area (Å²) in [5.74, 6) is 5.20. The van der Waals surface area contributed by atoms with E-state index in [0.717, 1.165) is 132 Å². The Bertz CT molecular complexity index is 7590. The topological polar surface area (TPSA) is 161 Å². The highest BCUT2D eigenvalue weighted by molar-refractivity contribution is 7.25. The van der Waals surface area contributed by atoms with Crippen molar-refractivity contribution in [2.24, 2.45) is 15.7 Å². The molecule has 123 heavy (non-hydrogen) atoms. The Morgan fingerprint density at radius 3 is 1.32 bits per heavy atom. The smallest absolute Gasteiger partial charge is 0.164 e. The lowest BCUT2D eigenvalue weighted by atomic mass is 9.94. The molecule has 0 spiro atoms. The first kappa shape index (κ1) is 75.5. The van der Waals surface area contributed by atoms with E-state index in [4.69, 9.17) is 50.0 Å². The lowest BCUT2D eigenvalue weighted by Gasteiger charge is -2.12. The summed E-state index contributed by atoms with van der Waals surface area (Å²) in [5, 5.41) is 22.5. The lowest BCUT2D eigenvalue weighted by Crippen LogP contribution is -2.16. The monoisotopic (exact) mass is 1600 g/mol. The predicted molar refractivity (Wildman–Crippen MR) is 509 cm³/mol. The van der Waals surface area contributed by atoms with E-state index in [2.05, 4.69) is 176 Å². The first-order chi connectivity index (χ1) is 60.7. The van der Waals surface area contributed by atoms with Crippen molar-refractivity contribution in [3.8, 4) is 119 Å². The van der Waals surface area contributed by atoms with Crippen molar-refractivity contribution in [2.75, 3.05) is 0 Å². The summed E-state index contributed by atoms with van der Waals surface area (Å²) in [4.78, 5) is 38.9. The third-order valence-electron chi connectivity index (χ3n) is 22.1. The molecule has 0 bridgehead atoms. The lowest BCUT2D eigenvalue weighted by molar-refractivity contribution is 0.478. The van der Waals surface area contributed by atoms with Crippen molar-refractivity contribution in [3.05, 3.63) is 441 Å². The Hall–Kier alpha value is -16.3. The van der Waals surface area contributed by atoms with Crippen molar-refractivity contribution in [2.45, 2.75) is 6.54 Å². The third kappa shape index (κ3) is 16.1. The van der Waals surface area contributed by atoms with E-state index < -0.39 is 0 Å². The molecule has 0 aliphatic heterocycles. The van der Waals surface area contributed by atoms with Crippen LogP contribution in [0.4, 0.5) is 0 Å². The summed E-state index contributed by atoms with van der Waals surface area (Å²) < 4.78 is 8.71. The Morgan fingerprint density at radius 2 is 0.699 bits per heavy atom. The molecule has 0 atom stereocenters. The van der Waals surface area contributed by atoms with Crippen molar-refractivity contribution in [1.29, 1.82) is 0 Å². The number of aliphatic imine (C=N–C) groups is 2. The van der Waals surface area contributed by atoms with Crippen LogP contribution in [0.15, 0.2) is 439 Å². The number of rotatable bonds is 14. The Morgan fingerprint density at radius 1 is 0.268 bits per heavy atom. The van der Waals surface area contributed by atoms with Crippen LogP contribution in [0.25, 0.3) is 187 Å². The molecule has 0 radical (unpaired) electrons. The number of fused-ring (bicyclic) bond motifs is 9. The number of furan rings is 1. The first-order valence-electron chi connectivity index (χ1n) is 40.8. The van der Waals surface area contributed by atoms with Gasteiger partial charge in [-0.15, -0.1) is 11.3 Å². The van der Waals surface area contributed by atoms with Crippen LogP contribution in [-0.4, -0.2) is 46.7 Å². The summed E-state index contributed by atoms with van der Waals surface area (Å²) in [6.45, 7) is 0.526. The third-order valence-corrected chi connectivity index (χ3v) is 23.2. The maximum absolute atomic E-state index is 10.8. The molecule has 0 aliphatic carbocycles. The zero-order valence-corrected chi connectivity index (χ0v) is 67.4. The highest BCUT2D eigenvalue weighted by Gasteiger charge is 2.20. The van der Waals surface area contributed by atoms with Crippen LogP contribution in [0, 0.1) is 0 Å². The van der Waals surface area contributed by atoms with Crippen LogP contribution >= 0.6 is 11.3 Å². The minimum atomic E-state index is 0.273. The van der Waals surface area contributed by atoms with Gasteiger partial charge in [0.05, 0.1) is 6.54 Å². The van der Waals surface area contributed by atoms with Gasteiger partial charge in [-0.2, -0.15) is 0 Å². The van der Waals surface area contributed by atoms with Gasteiger partial charge in [0.1, 0.15) is 22.8 Å². The molecule has 0 amide bonds. The highest BCUT2D eigenvalue weighted by Crippen LogP contribution is 2.43. The molecule has 0 fully saturated rings. The Labute approximate surface area is 714 Å². The second-order valence-electron chi connectivity index (χ2n) is 30.0. The predicted octanol–water partition coefficient (Wildman–Crippen LogP) is 27.9. The molecule has 22 aromatic rings. The SMILES string of the molecule is NC(=NC(=NCc1ccccc1)c1ccccc1)c1cccc(-c2ccc3cc4oc5ccccc5c4cc3c2)c1.Oc1cc2cccc(-c3ccc(-c4nc(-c5ccccc5)nc(-c5ccccc5)n4)cc3)c2cc1-c1ccccc1.c1ccc(-c2nc(-c3ccccc3)nc(-c3cccc(-c4cccc5cc6c(cc45)sc4ccccc46)c3)n2)cc1. The first-order valence-corrected chi connectivity index (χ1v) is 41.6. The molecule has 4 heterocycles. The number of aromatic nitrogens is 6. The number of phenolic OH excluding ortho intramolecular Hbond substituents is 1. The fraction of sp³-hybridized carbons (Fsp3) is 0.00901. The second kappa shape index (κ2) is 34.0. The van der Waals surface area contributed by atoms with E-state index in [0.29, 0.717) is 53.2 Å². The number of hydrogen-bond acceptors (Lipinski definition) is 10. The van der Waals surface area contributed by atoms with Gasteiger partial charge >= 0.3 is 0 Å². The van der Waals surface area contributed by atoms with Gasteiger partial charge in [-0.3, -0.25) is 4.99 Å². The average Bonchev–Trinajstić information content (AvgIpc) is 1.66. The molecule has 12 heteroatoms. The van der Waals surface area contributed by atoms with Crippen molar-refractivity contribution >= 4 is 97.4 Å². The second-order valence-corrected chi connectivity index (χ2v) is 31.1. The number of phenols is 1. The van der Waals surface area contributed by atoms with Crippen molar-refractivity contribution in [1.82, 2.24) is 29.9 Å². The fourth-order valence-corrected chi connectivity index (χ4v) is 17.0. The normalized spacial score (nSPS) is 11.6. The molecular weight excluding hydrogens is 1520 g/mol. The minimum Gasteiger partial charge on any atom is -0.507 e. The number of benzene rings is 18. The summed E-state index contributed by atoms with van der Waals surface area (Å²) in [6.07, 6.45) is 0. The van der Waals surface area contributed by atoms with Crippen molar-refractivity contribution in [3.63, 3.8) is 0 Å². The number of nitrogens with zero attached hydrogens (tertiary/aromatic N) is 8. The zero-order chi connectivity index (χ0) is 82.4. The number of para-hydroxylation sites is 1. The fourth-order valence-electron chi connectivity index (χ4n) is 15.9. The Balaban J connectivity index is 0.000000117. The van der Waals surface area contributed by atoms with Crippen LogP contribution < -0.4 is 5.73 Å². The number of aromatic hydroxyl groups is 1. The van der Waals surface area contributed by atoms with Gasteiger partial charge in [0.15, 0.2) is 40.8 Å². The van der Waals surface area contributed by atoms with Crippen LogP contribution in [0.5, 0.6) is 5.75 Å².